The summed E-state index contributed by atoms with van der Waals surface area (Å²) in [5.74, 6) is -30.9. The molecule has 0 aliphatic rings. The molecule has 0 radical (unpaired) electrons. The Morgan fingerprint density at radius 3 is 1.52 bits per heavy atom. The van der Waals surface area contributed by atoms with Crippen LogP contribution in [-0.4, -0.2) is 37.2 Å². The molecule has 0 atom stereocenters. The third-order valence-corrected chi connectivity index (χ3v) is 2.74. The molecule has 0 saturated carbocycles. The van der Waals surface area contributed by atoms with Crippen molar-refractivity contribution in [1.82, 2.24) is 0 Å². The monoisotopic (exact) mass is 424 g/mol. The van der Waals surface area contributed by atoms with E-state index in [1.165, 1.54) is 0 Å². The number of hydrogen-bond donors (Lipinski definition) is 0. The van der Waals surface area contributed by atoms with E-state index in [4.69, 9.17) is 0 Å². The quantitative estimate of drug-likeness (QED) is 0.227. The standard InChI is InChI=1S/C12H4F12O3/c13-3-4(14)6(16)8(7(17)5(3)15)26-1-2-27-9(25)10(18,19)11(20,21)12(22,23)24/h1-2H2. The fraction of sp³-hybridized carbons (Fsp3) is 0.417. The van der Waals surface area contributed by atoms with E-state index in [0.717, 1.165) is 0 Å². The SMILES string of the molecule is O=C(OCCOc1c(F)c(F)c(F)c(F)c1F)C(F)(F)C(F)(F)C(F)(F)F. The molecule has 1 aromatic rings. The molecule has 0 unspecified atom stereocenters. The molecule has 0 fully saturated rings. The Morgan fingerprint density at radius 1 is 0.704 bits per heavy atom. The van der Waals surface area contributed by atoms with Gasteiger partial charge in [0.05, 0.1) is 0 Å². The molecule has 154 valence electrons. The summed E-state index contributed by atoms with van der Waals surface area (Å²) in [5, 5.41) is 0. The molecule has 15 heteroatoms. The molecular formula is C12H4F12O3. The van der Waals surface area contributed by atoms with Crippen LogP contribution in [0.4, 0.5) is 52.7 Å². The molecule has 0 aromatic heterocycles. The average molecular weight is 424 g/mol. The summed E-state index contributed by atoms with van der Waals surface area (Å²) in [4.78, 5) is 10.7. The van der Waals surface area contributed by atoms with Crippen LogP contribution < -0.4 is 4.74 Å². The number of alkyl halides is 7. The van der Waals surface area contributed by atoms with E-state index >= 15 is 0 Å². The lowest BCUT2D eigenvalue weighted by atomic mass is 10.1. The van der Waals surface area contributed by atoms with Crippen LogP contribution in [0.15, 0.2) is 0 Å². The van der Waals surface area contributed by atoms with Gasteiger partial charge in [0, 0.05) is 0 Å². The van der Waals surface area contributed by atoms with Gasteiger partial charge in [-0.3, -0.25) is 0 Å². The van der Waals surface area contributed by atoms with E-state index in [0.29, 0.717) is 0 Å². The molecular weight excluding hydrogens is 420 g/mol. The van der Waals surface area contributed by atoms with Crippen molar-refractivity contribution in [3.05, 3.63) is 29.1 Å². The van der Waals surface area contributed by atoms with E-state index in [1.54, 1.807) is 0 Å². The normalized spacial score (nSPS) is 12.9. The van der Waals surface area contributed by atoms with Gasteiger partial charge in [0.2, 0.25) is 29.1 Å². The molecule has 0 N–H and O–H groups in total. The highest BCUT2D eigenvalue weighted by Gasteiger charge is 2.77. The maximum atomic E-state index is 13.2. The molecule has 0 bridgehead atoms. The van der Waals surface area contributed by atoms with Crippen LogP contribution in [0.25, 0.3) is 0 Å². The van der Waals surface area contributed by atoms with Gasteiger partial charge in [0.1, 0.15) is 13.2 Å². The Kier molecular flexibility index (Phi) is 6.17. The Balaban J connectivity index is 2.80. The van der Waals surface area contributed by atoms with Gasteiger partial charge in [-0.05, 0) is 0 Å². The smallest absolute Gasteiger partial charge is 0.460 e. The summed E-state index contributed by atoms with van der Waals surface area (Å²) < 4.78 is 158. The van der Waals surface area contributed by atoms with Crippen molar-refractivity contribution in [1.29, 1.82) is 0 Å². The Bertz CT molecular complexity index is 698. The van der Waals surface area contributed by atoms with E-state index in [2.05, 4.69) is 9.47 Å². The largest absolute Gasteiger partial charge is 0.484 e. The fourth-order valence-electron chi connectivity index (χ4n) is 1.39. The number of rotatable bonds is 6. The van der Waals surface area contributed by atoms with Gasteiger partial charge in [-0.1, -0.05) is 0 Å². The number of carbonyl (C=O) groups is 1. The molecule has 27 heavy (non-hydrogen) atoms. The topological polar surface area (TPSA) is 35.5 Å². The second-order valence-electron chi connectivity index (χ2n) is 4.53. The van der Waals surface area contributed by atoms with Gasteiger partial charge in [0.15, 0.2) is 5.75 Å². The van der Waals surface area contributed by atoms with Crippen LogP contribution in [0.5, 0.6) is 5.75 Å². The minimum Gasteiger partial charge on any atom is -0.484 e. The highest BCUT2D eigenvalue weighted by molar-refractivity contribution is 5.79. The van der Waals surface area contributed by atoms with Gasteiger partial charge in [-0.15, -0.1) is 0 Å². The third-order valence-electron chi connectivity index (χ3n) is 2.74. The van der Waals surface area contributed by atoms with Gasteiger partial charge in [-0.25, -0.2) is 18.0 Å². The van der Waals surface area contributed by atoms with Gasteiger partial charge >= 0.3 is 24.0 Å². The summed E-state index contributed by atoms with van der Waals surface area (Å²) >= 11 is 0. The van der Waals surface area contributed by atoms with Gasteiger partial charge in [0.25, 0.3) is 0 Å². The summed E-state index contributed by atoms with van der Waals surface area (Å²) in [6.07, 6.45) is -6.82. The zero-order chi connectivity index (χ0) is 21.4. The predicted octanol–water partition coefficient (Wildman–Crippen LogP) is 4.14. The van der Waals surface area contributed by atoms with Crippen LogP contribution >= 0.6 is 0 Å². The summed E-state index contributed by atoms with van der Waals surface area (Å²) in [6, 6.07) is 0. The van der Waals surface area contributed by atoms with E-state index in [-0.39, 0.29) is 0 Å². The molecule has 3 nitrogen and oxygen atoms in total. The van der Waals surface area contributed by atoms with Crippen molar-refractivity contribution in [3.8, 4) is 5.75 Å². The zero-order valence-electron chi connectivity index (χ0n) is 12.2. The first-order valence-electron chi connectivity index (χ1n) is 6.21. The molecule has 0 spiro atoms. The van der Waals surface area contributed by atoms with Crippen molar-refractivity contribution in [2.45, 2.75) is 18.0 Å². The zero-order valence-corrected chi connectivity index (χ0v) is 12.2. The molecule has 0 amide bonds. The molecule has 1 aromatic carbocycles. The van der Waals surface area contributed by atoms with Crippen LogP contribution in [0, 0.1) is 29.1 Å². The molecule has 0 saturated heterocycles. The predicted molar refractivity (Wildman–Crippen MR) is 58.6 cm³/mol. The lowest BCUT2D eigenvalue weighted by Crippen LogP contribution is -2.56. The van der Waals surface area contributed by atoms with Gasteiger partial charge < -0.3 is 9.47 Å². The summed E-state index contributed by atoms with van der Waals surface area (Å²) in [6.45, 7) is -3.03. The van der Waals surface area contributed by atoms with Gasteiger partial charge in [-0.2, -0.15) is 39.5 Å². The number of carbonyl (C=O) groups excluding carboxylic acids is 1. The van der Waals surface area contributed by atoms with Crippen LogP contribution in [-0.2, 0) is 9.53 Å². The molecule has 0 heterocycles. The second-order valence-corrected chi connectivity index (χ2v) is 4.53. The highest BCUT2D eigenvalue weighted by atomic mass is 19.4. The Hall–Kier alpha value is -2.35. The summed E-state index contributed by atoms with van der Waals surface area (Å²) in [5.41, 5.74) is 0. The van der Waals surface area contributed by atoms with Crippen molar-refractivity contribution < 1.29 is 67.0 Å². The molecule has 0 aliphatic carbocycles. The van der Waals surface area contributed by atoms with E-state index < -0.39 is 72.0 Å². The number of benzene rings is 1. The van der Waals surface area contributed by atoms with E-state index in [9.17, 15) is 57.5 Å². The van der Waals surface area contributed by atoms with Crippen molar-refractivity contribution in [2.24, 2.45) is 0 Å². The molecule has 1 rings (SSSR count). The number of hydrogen-bond acceptors (Lipinski definition) is 3. The maximum Gasteiger partial charge on any atom is 0.460 e. The Labute approximate surface area is 140 Å². The minimum atomic E-state index is -6.82. The van der Waals surface area contributed by atoms with E-state index in [1.807, 2.05) is 0 Å². The van der Waals surface area contributed by atoms with Crippen molar-refractivity contribution >= 4 is 5.97 Å². The number of esters is 1. The first-order valence-corrected chi connectivity index (χ1v) is 6.21. The van der Waals surface area contributed by atoms with Crippen LogP contribution in [0.2, 0.25) is 0 Å². The second kappa shape index (κ2) is 7.34. The van der Waals surface area contributed by atoms with Crippen LogP contribution in [0.1, 0.15) is 0 Å². The number of ether oxygens (including phenoxy) is 2. The minimum absolute atomic E-state index is 1.43. The molecule has 0 aliphatic heterocycles. The number of halogens is 12. The summed E-state index contributed by atoms with van der Waals surface area (Å²) in [7, 11) is 0. The average Bonchev–Trinajstić information content (AvgIpc) is 2.56. The first kappa shape index (κ1) is 22.7. The van der Waals surface area contributed by atoms with Crippen molar-refractivity contribution in [3.63, 3.8) is 0 Å². The van der Waals surface area contributed by atoms with Crippen molar-refractivity contribution in [2.75, 3.05) is 13.2 Å². The lowest BCUT2D eigenvalue weighted by molar-refractivity contribution is -0.348. The Morgan fingerprint density at radius 2 is 1.11 bits per heavy atom. The fourth-order valence-corrected chi connectivity index (χ4v) is 1.39. The lowest BCUT2D eigenvalue weighted by Gasteiger charge is -2.26. The highest BCUT2D eigenvalue weighted by Crippen LogP contribution is 2.46. The van der Waals surface area contributed by atoms with Crippen LogP contribution in [0.3, 0.4) is 0 Å². The third kappa shape index (κ3) is 4.00. The maximum absolute atomic E-state index is 13.2. The first-order chi connectivity index (χ1) is 12.1.